The maximum absolute atomic E-state index is 8.12. The van der Waals surface area contributed by atoms with Crippen molar-refractivity contribution in [3.63, 3.8) is 0 Å². The van der Waals surface area contributed by atoms with E-state index in [1.54, 1.807) is 11.6 Å². The second-order valence-electron chi connectivity index (χ2n) is 0.949. The van der Waals surface area contributed by atoms with E-state index in [0.29, 0.717) is 5.13 Å². The van der Waals surface area contributed by atoms with Gasteiger partial charge in [-0.05, 0) is 4.98 Å². The highest BCUT2D eigenvalue weighted by atomic mass is 32.1. The topological polar surface area (TPSA) is 49.2 Å². The van der Waals surface area contributed by atoms with E-state index >= 15 is 0 Å². The Labute approximate surface area is 44.5 Å². The van der Waals surface area contributed by atoms with Crippen LogP contribution in [-0.4, -0.2) is 4.98 Å². The van der Waals surface area contributed by atoms with Gasteiger partial charge in [0.1, 0.15) is 0 Å². The molecule has 0 aliphatic heterocycles. The Balaban J connectivity index is 2.96. The van der Waals surface area contributed by atoms with Crippen LogP contribution >= 0.6 is 11.3 Å². The molecule has 1 rings (SSSR count). The molecular formula is C3H3N3S. The molecule has 0 saturated carbocycles. The fraction of sp³-hybridized carbons (Fsp3) is 0. The molecule has 36 valence electrons. The van der Waals surface area contributed by atoms with Gasteiger partial charge in [0.05, 0.1) is 0 Å². The molecule has 0 saturated heterocycles. The summed E-state index contributed by atoms with van der Waals surface area (Å²) in [6.07, 6.45) is 1.61. The predicted octanol–water partition coefficient (Wildman–Crippen LogP) is -0.123. The van der Waals surface area contributed by atoms with Crippen molar-refractivity contribution in [1.29, 1.82) is 0 Å². The molecule has 7 heavy (non-hydrogen) atoms. The van der Waals surface area contributed by atoms with Crippen LogP contribution in [0.2, 0.25) is 0 Å². The van der Waals surface area contributed by atoms with Crippen LogP contribution < -0.4 is 5.11 Å². The Morgan fingerprint density at radius 3 is 3.00 bits per heavy atom. The molecule has 0 aromatic carbocycles. The Morgan fingerprint density at radius 1 is 1.86 bits per heavy atom. The summed E-state index contributed by atoms with van der Waals surface area (Å²) in [5, 5.41) is 4.22. The van der Waals surface area contributed by atoms with Gasteiger partial charge >= 0.3 is 5.13 Å². The van der Waals surface area contributed by atoms with Crippen LogP contribution in [0.4, 0.5) is 5.13 Å². The van der Waals surface area contributed by atoms with E-state index in [1.165, 1.54) is 11.3 Å². The normalized spacial score (nSPS) is 8.57. The highest BCUT2D eigenvalue weighted by Crippen LogP contribution is 2.00. The van der Waals surface area contributed by atoms with Gasteiger partial charge in [-0.2, -0.15) is 0 Å². The number of hydrogen-bond acceptors (Lipinski definition) is 2. The third-order valence-electron chi connectivity index (χ3n) is 0.528. The Kier molecular flexibility index (Phi) is 1.12. The minimum absolute atomic E-state index is 0.528. The van der Waals surface area contributed by atoms with Crippen LogP contribution in [0.15, 0.2) is 11.6 Å². The van der Waals surface area contributed by atoms with Crippen molar-refractivity contribution in [2.24, 2.45) is 0 Å². The first-order valence-electron chi connectivity index (χ1n) is 1.73. The molecule has 0 spiro atoms. The molecule has 1 aromatic rings. The van der Waals surface area contributed by atoms with E-state index in [4.69, 9.17) is 5.53 Å². The van der Waals surface area contributed by atoms with Crippen LogP contribution in [0.1, 0.15) is 0 Å². The smallest absolute Gasteiger partial charge is 0.364 e. The number of thiazole rings is 1. The summed E-state index contributed by atoms with van der Waals surface area (Å²) in [5.74, 6) is 0. The van der Waals surface area contributed by atoms with E-state index in [2.05, 4.69) is 4.98 Å². The van der Waals surface area contributed by atoms with Crippen molar-refractivity contribution < 1.29 is 5.11 Å². The average Bonchev–Trinajstić information content (AvgIpc) is 2.14. The Bertz CT molecular complexity index is 145. The summed E-state index contributed by atoms with van der Waals surface area (Å²) in [7, 11) is 0. The maximum Gasteiger partial charge on any atom is 0.364 e. The zero-order valence-electron chi connectivity index (χ0n) is 3.46. The zero-order valence-corrected chi connectivity index (χ0v) is 4.27. The van der Waals surface area contributed by atoms with E-state index in [1.807, 2.05) is 5.11 Å². The molecule has 1 heterocycles. The minimum Gasteiger partial charge on any atom is -0.613 e. The molecular weight excluding hydrogens is 110 g/mol. The van der Waals surface area contributed by atoms with Crippen molar-refractivity contribution in [3.8, 4) is 0 Å². The third-order valence-corrected chi connectivity index (χ3v) is 1.21. The lowest BCUT2D eigenvalue weighted by Gasteiger charge is -1.70. The Morgan fingerprint density at radius 2 is 2.71 bits per heavy atom. The summed E-state index contributed by atoms with van der Waals surface area (Å²) in [5.41, 5.74) is 8.12. The summed E-state index contributed by atoms with van der Waals surface area (Å²) in [6, 6.07) is 0. The highest BCUT2D eigenvalue weighted by Gasteiger charge is 1.90. The molecule has 1 N–H and O–H groups in total. The van der Waals surface area contributed by atoms with E-state index in [0.717, 1.165) is 0 Å². The van der Waals surface area contributed by atoms with Gasteiger partial charge in [-0.15, -0.1) is 0 Å². The van der Waals surface area contributed by atoms with E-state index < -0.39 is 0 Å². The second kappa shape index (κ2) is 1.79. The molecule has 0 radical (unpaired) electrons. The van der Waals surface area contributed by atoms with Crippen LogP contribution in [0.25, 0.3) is 5.53 Å². The monoisotopic (exact) mass is 113 g/mol. The molecule has 0 fully saturated rings. The molecule has 0 unspecified atom stereocenters. The maximum atomic E-state index is 8.12. The van der Waals surface area contributed by atoms with Gasteiger partial charge in [0.2, 0.25) is 0 Å². The lowest BCUT2D eigenvalue weighted by molar-refractivity contribution is -0.379. The molecule has 0 aliphatic carbocycles. The number of nitrogens with one attached hydrogen (secondary N) is 1. The quantitative estimate of drug-likeness (QED) is 0.507. The van der Waals surface area contributed by atoms with Gasteiger partial charge in [-0.3, -0.25) is 0 Å². The number of hydrogen-bond donors (Lipinski definition) is 1. The molecule has 4 heteroatoms. The van der Waals surface area contributed by atoms with Gasteiger partial charge in [0.15, 0.2) is 6.20 Å². The lowest BCUT2D eigenvalue weighted by Crippen LogP contribution is -2.54. The number of rotatable bonds is 1. The SMILES string of the molecule is [N-]=[NH+]c1nccs1. The molecule has 1 aromatic heterocycles. The van der Waals surface area contributed by atoms with Gasteiger partial charge in [0, 0.05) is 5.38 Å². The molecule has 0 aliphatic rings. The number of nitrogens with zero attached hydrogens (tertiary/aromatic N) is 2. The molecule has 0 atom stereocenters. The van der Waals surface area contributed by atoms with Crippen LogP contribution in [0, 0.1) is 0 Å². The van der Waals surface area contributed by atoms with Gasteiger partial charge < -0.3 is 10.6 Å². The van der Waals surface area contributed by atoms with Gasteiger partial charge in [-0.25, -0.2) is 0 Å². The first kappa shape index (κ1) is 4.39. The summed E-state index contributed by atoms with van der Waals surface area (Å²) in [6.45, 7) is 0. The first-order chi connectivity index (χ1) is 3.43. The van der Waals surface area contributed by atoms with Crippen molar-refractivity contribution in [2.75, 3.05) is 0 Å². The molecule has 0 bridgehead atoms. The largest absolute Gasteiger partial charge is 0.613 e. The van der Waals surface area contributed by atoms with Crippen molar-refractivity contribution >= 4 is 16.5 Å². The third kappa shape index (κ3) is 0.806. The van der Waals surface area contributed by atoms with Crippen LogP contribution in [0.3, 0.4) is 0 Å². The minimum atomic E-state index is 0.528. The standard InChI is InChI=1S/C3H3N3S/c4-6-3-5-1-2-7-3/h1-2,6H. The lowest BCUT2D eigenvalue weighted by atomic mass is 11.0. The van der Waals surface area contributed by atoms with Crippen LogP contribution in [0.5, 0.6) is 0 Å². The summed E-state index contributed by atoms with van der Waals surface area (Å²) >= 11 is 1.35. The second-order valence-corrected chi connectivity index (χ2v) is 1.84. The van der Waals surface area contributed by atoms with Crippen molar-refractivity contribution in [1.82, 2.24) is 4.98 Å². The fourth-order valence-corrected chi connectivity index (χ4v) is 0.704. The van der Waals surface area contributed by atoms with Crippen molar-refractivity contribution in [2.45, 2.75) is 0 Å². The van der Waals surface area contributed by atoms with Crippen molar-refractivity contribution in [3.05, 3.63) is 17.1 Å². The average molecular weight is 113 g/mol. The summed E-state index contributed by atoms with van der Waals surface area (Å²) < 4.78 is 0. The van der Waals surface area contributed by atoms with Crippen LogP contribution in [-0.2, 0) is 0 Å². The first-order valence-corrected chi connectivity index (χ1v) is 2.61. The zero-order chi connectivity index (χ0) is 5.11. The fourth-order valence-electron chi connectivity index (χ4n) is 0.279. The summed E-state index contributed by atoms with van der Waals surface area (Å²) in [4.78, 5) is 3.69. The number of aromatic nitrogens is 1. The highest BCUT2D eigenvalue weighted by molar-refractivity contribution is 7.12. The van der Waals surface area contributed by atoms with E-state index in [-0.39, 0.29) is 0 Å². The Hall–Kier alpha value is -0.770. The predicted molar refractivity (Wildman–Crippen MR) is 26.1 cm³/mol. The van der Waals surface area contributed by atoms with E-state index in [9.17, 15) is 0 Å². The van der Waals surface area contributed by atoms with Gasteiger partial charge in [-0.1, -0.05) is 11.3 Å². The molecule has 3 nitrogen and oxygen atoms in total. The molecule has 0 amide bonds. The van der Waals surface area contributed by atoms with Gasteiger partial charge in [0.25, 0.3) is 0 Å².